The first-order valence-corrected chi connectivity index (χ1v) is 5.88. The van der Waals surface area contributed by atoms with Crippen LogP contribution in [0.3, 0.4) is 0 Å². The lowest BCUT2D eigenvalue weighted by molar-refractivity contribution is 0.652. The summed E-state index contributed by atoms with van der Waals surface area (Å²) < 4.78 is 3.08. The molecule has 1 aromatic rings. The van der Waals surface area contributed by atoms with Gasteiger partial charge < -0.3 is 4.57 Å². The van der Waals surface area contributed by atoms with E-state index in [9.17, 15) is 4.79 Å². The Balaban J connectivity index is 2.99. The van der Waals surface area contributed by atoms with Gasteiger partial charge in [0.1, 0.15) is 0 Å². The van der Waals surface area contributed by atoms with E-state index in [1.165, 1.54) is 0 Å². The van der Waals surface area contributed by atoms with Crippen molar-refractivity contribution in [1.82, 2.24) is 4.57 Å². The molecule has 5 heteroatoms. The fourth-order valence-corrected chi connectivity index (χ4v) is 2.34. The van der Waals surface area contributed by atoms with E-state index in [4.69, 9.17) is 11.6 Å². The summed E-state index contributed by atoms with van der Waals surface area (Å²) in [6.45, 7) is 0.653. The fourth-order valence-electron chi connectivity index (χ4n) is 0.961. The van der Waals surface area contributed by atoms with Crippen LogP contribution in [0.5, 0.6) is 0 Å². The topological polar surface area (TPSA) is 22.0 Å². The first-order chi connectivity index (χ1) is 6.15. The van der Waals surface area contributed by atoms with Gasteiger partial charge in [-0.2, -0.15) is 0 Å². The Kier molecular flexibility index (Phi) is 4.49. The van der Waals surface area contributed by atoms with Crippen molar-refractivity contribution in [3.8, 4) is 0 Å². The van der Waals surface area contributed by atoms with Gasteiger partial charge in [0.25, 0.3) is 5.56 Å². The number of aryl methyl sites for hydroxylation is 1. The summed E-state index contributed by atoms with van der Waals surface area (Å²) in [7, 11) is 0. The van der Waals surface area contributed by atoms with Gasteiger partial charge in [0.2, 0.25) is 0 Å². The number of aromatic nitrogens is 1. The molecule has 0 bridgehead atoms. The fraction of sp³-hybridized carbons (Fsp3) is 0.375. The van der Waals surface area contributed by atoms with Gasteiger partial charge in [0.15, 0.2) is 0 Å². The number of alkyl halides is 1. The minimum atomic E-state index is -0.0201. The first-order valence-electron chi connectivity index (χ1n) is 3.76. The molecule has 0 radical (unpaired) electrons. The maximum atomic E-state index is 11.5. The van der Waals surface area contributed by atoms with Crippen molar-refractivity contribution in [3.05, 3.63) is 31.6 Å². The van der Waals surface area contributed by atoms with Gasteiger partial charge in [0.05, 0.1) is 4.47 Å². The molecule has 0 N–H and O–H groups in total. The van der Waals surface area contributed by atoms with Crippen LogP contribution in [0.4, 0.5) is 0 Å². The highest BCUT2D eigenvalue weighted by atomic mass is 79.9. The molecule has 1 aromatic heterocycles. The number of nitrogens with zero attached hydrogens (tertiary/aromatic N) is 1. The molecule has 0 saturated heterocycles. The Morgan fingerprint density at radius 1 is 1.46 bits per heavy atom. The minimum absolute atomic E-state index is 0.0201. The maximum absolute atomic E-state index is 11.5. The lowest BCUT2D eigenvalue weighted by Crippen LogP contribution is -2.20. The third-order valence-electron chi connectivity index (χ3n) is 1.54. The molecule has 13 heavy (non-hydrogen) atoms. The zero-order chi connectivity index (χ0) is 9.84. The summed E-state index contributed by atoms with van der Waals surface area (Å²) in [4.78, 5) is 11.5. The van der Waals surface area contributed by atoms with Crippen LogP contribution in [0.1, 0.15) is 6.42 Å². The molecule has 0 atom stereocenters. The summed E-state index contributed by atoms with van der Waals surface area (Å²) in [5, 5.41) is 0. The number of rotatable bonds is 3. The summed E-state index contributed by atoms with van der Waals surface area (Å²) in [5.74, 6) is 0.566. The Bertz CT molecular complexity index is 350. The predicted octanol–water partition coefficient (Wildman–Crippen LogP) is 3.00. The Morgan fingerprint density at radius 2 is 2.15 bits per heavy atom. The standard InChI is InChI=1S/C8H8Br2ClNO/c9-6-4-7(10)8(13)12(5-6)3-1-2-11/h4-5H,1-3H2. The van der Waals surface area contributed by atoms with Crippen molar-refractivity contribution in [3.63, 3.8) is 0 Å². The van der Waals surface area contributed by atoms with Gasteiger partial charge in [0, 0.05) is 23.1 Å². The molecule has 0 amide bonds. The third kappa shape index (κ3) is 3.11. The quantitative estimate of drug-likeness (QED) is 0.782. The van der Waals surface area contributed by atoms with Crippen LogP contribution in [0.25, 0.3) is 0 Å². The average Bonchev–Trinajstić information content (AvgIpc) is 2.09. The van der Waals surface area contributed by atoms with Crippen molar-refractivity contribution in [2.45, 2.75) is 13.0 Å². The number of hydrogen-bond donors (Lipinski definition) is 0. The van der Waals surface area contributed by atoms with E-state index in [1.54, 1.807) is 16.8 Å². The third-order valence-corrected chi connectivity index (χ3v) is 2.81. The zero-order valence-electron chi connectivity index (χ0n) is 6.77. The summed E-state index contributed by atoms with van der Waals surface area (Å²) in [6.07, 6.45) is 2.56. The molecule has 0 saturated carbocycles. The molecule has 0 aliphatic rings. The van der Waals surface area contributed by atoms with E-state index in [1.807, 2.05) is 0 Å². The van der Waals surface area contributed by atoms with Gasteiger partial charge in [-0.25, -0.2) is 0 Å². The van der Waals surface area contributed by atoms with Gasteiger partial charge in [-0.15, -0.1) is 11.6 Å². The lowest BCUT2D eigenvalue weighted by Gasteiger charge is -2.05. The number of halogens is 3. The van der Waals surface area contributed by atoms with Gasteiger partial charge in [-0.1, -0.05) is 0 Å². The smallest absolute Gasteiger partial charge is 0.264 e. The monoisotopic (exact) mass is 327 g/mol. The van der Waals surface area contributed by atoms with Crippen LogP contribution in [0.15, 0.2) is 26.0 Å². The largest absolute Gasteiger partial charge is 0.313 e. The van der Waals surface area contributed by atoms with Gasteiger partial charge in [-0.3, -0.25) is 4.79 Å². The molecule has 0 unspecified atom stereocenters. The predicted molar refractivity (Wildman–Crippen MR) is 61.4 cm³/mol. The average molecular weight is 329 g/mol. The van der Waals surface area contributed by atoms with E-state index >= 15 is 0 Å². The molecule has 0 aliphatic heterocycles. The molecule has 0 aromatic carbocycles. The van der Waals surface area contributed by atoms with Crippen molar-refractivity contribution < 1.29 is 0 Å². The van der Waals surface area contributed by atoms with Crippen molar-refractivity contribution in [1.29, 1.82) is 0 Å². The number of hydrogen-bond acceptors (Lipinski definition) is 1. The molecule has 0 spiro atoms. The highest BCUT2D eigenvalue weighted by Crippen LogP contribution is 2.12. The molecule has 2 nitrogen and oxygen atoms in total. The maximum Gasteiger partial charge on any atom is 0.264 e. The summed E-state index contributed by atoms with van der Waals surface area (Å²) in [6, 6.07) is 1.74. The van der Waals surface area contributed by atoms with Crippen LogP contribution in [0, 0.1) is 0 Å². The Labute approximate surface area is 98.2 Å². The second-order valence-electron chi connectivity index (χ2n) is 2.55. The first kappa shape index (κ1) is 11.3. The second-order valence-corrected chi connectivity index (χ2v) is 4.70. The van der Waals surface area contributed by atoms with Crippen LogP contribution in [-0.4, -0.2) is 10.4 Å². The minimum Gasteiger partial charge on any atom is -0.313 e. The molecular formula is C8H8Br2ClNO. The van der Waals surface area contributed by atoms with Crippen LogP contribution < -0.4 is 5.56 Å². The van der Waals surface area contributed by atoms with Crippen molar-refractivity contribution in [2.24, 2.45) is 0 Å². The molecule has 1 rings (SSSR count). The van der Waals surface area contributed by atoms with E-state index < -0.39 is 0 Å². The zero-order valence-corrected chi connectivity index (χ0v) is 10.7. The lowest BCUT2D eigenvalue weighted by atomic mass is 10.4. The van der Waals surface area contributed by atoms with Crippen LogP contribution >= 0.6 is 43.5 Å². The van der Waals surface area contributed by atoms with Gasteiger partial charge >= 0.3 is 0 Å². The van der Waals surface area contributed by atoms with Crippen molar-refractivity contribution >= 4 is 43.5 Å². The Morgan fingerprint density at radius 3 is 2.77 bits per heavy atom. The Hall–Kier alpha value is 0.200. The molecule has 72 valence electrons. The van der Waals surface area contributed by atoms with E-state index in [2.05, 4.69) is 31.9 Å². The molecule has 0 aliphatic carbocycles. The van der Waals surface area contributed by atoms with E-state index in [0.717, 1.165) is 10.9 Å². The van der Waals surface area contributed by atoms with Crippen LogP contribution in [-0.2, 0) is 6.54 Å². The molecule has 0 fully saturated rings. The SMILES string of the molecule is O=c1c(Br)cc(Br)cn1CCCCl. The summed E-state index contributed by atoms with van der Waals surface area (Å²) in [5.41, 5.74) is -0.0201. The van der Waals surface area contributed by atoms with E-state index in [-0.39, 0.29) is 5.56 Å². The summed E-state index contributed by atoms with van der Waals surface area (Å²) >= 11 is 12.1. The second kappa shape index (κ2) is 5.17. The highest BCUT2D eigenvalue weighted by molar-refractivity contribution is 9.11. The van der Waals surface area contributed by atoms with E-state index in [0.29, 0.717) is 16.9 Å². The van der Waals surface area contributed by atoms with Crippen molar-refractivity contribution in [2.75, 3.05) is 5.88 Å². The normalized spacial score (nSPS) is 10.4. The van der Waals surface area contributed by atoms with Crippen LogP contribution in [0.2, 0.25) is 0 Å². The highest BCUT2D eigenvalue weighted by Gasteiger charge is 2.01. The van der Waals surface area contributed by atoms with Gasteiger partial charge in [-0.05, 0) is 44.3 Å². The molecule has 1 heterocycles. The number of pyridine rings is 1. The molecular weight excluding hydrogens is 321 g/mol.